The summed E-state index contributed by atoms with van der Waals surface area (Å²) in [6.07, 6.45) is 2.61. The topological polar surface area (TPSA) is 40.5 Å². The van der Waals surface area contributed by atoms with Crippen LogP contribution in [0.2, 0.25) is 0 Å². The lowest BCUT2D eigenvalue weighted by molar-refractivity contribution is -0.132. The van der Waals surface area contributed by atoms with E-state index in [0.29, 0.717) is 18.1 Å². The van der Waals surface area contributed by atoms with Crippen molar-refractivity contribution in [1.29, 1.82) is 0 Å². The first kappa shape index (κ1) is 22.0. The highest BCUT2D eigenvalue weighted by Gasteiger charge is 2.32. The molecule has 0 atom stereocenters. The molecule has 30 heavy (non-hydrogen) atoms. The first-order valence-electron chi connectivity index (χ1n) is 9.16. The van der Waals surface area contributed by atoms with Crippen LogP contribution in [-0.2, 0) is 17.3 Å². The number of nitrogens with zero attached hydrogens (tertiary/aromatic N) is 1. The lowest BCUT2D eigenvalue weighted by Gasteiger charge is -2.30. The molecule has 0 radical (unpaired) electrons. The first-order chi connectivity index (χ1) is 14.3. The first-order valence-corrected chi connectivity index (χ1v) is 10.1. The van der Waals surface area contributed by atoms with Gasteiger partial charge in [-0.05, 0) is 35.9 Å². The van der Waals surface area contributed by atoms with E-state index in [-0.39, 0.29) is 22.7 Å². The van der Waals surface area contributed by atoms with Gasteiger partial charge in [0, 0.05) is 30.8 Å². The number of hydrogen-bond acceptors (Lipinski definition) is 3. The number of carboxylic acid groups (broad SMARTS) is 1. The minimum Gasteiger partial charge on any atom is -0.478 e. The smallest absolute Gasteiger partial charge is 0.338 e. The van der Waals surface area contributed by atoms with Gasteiger partial charge in [0.15, 0.2) is 0 Å². The van der Waals surface area contributed by atoms with Crippen LogP contribution in [0.5, 0.6) is 0 Å². The fourth-order valence-electron chi connectivity index (χ4n) is 3.01. The van der Waals surface area contributed by atoms with E-state index in [2.05, 4.69) is 0 Å². The quantitative estimate of drug-likeness (QED) is 0.550. The second-order valence-corrected chi connectivity index (χ2v) is 7.83. The Bertz CT molecular complexity index is 956. The molecule has 0 saturated carbocycles. The predicted octanol–water partition coefficient (Wildman–Crippen LogP) is 5.55. The molecule has 0 saturated heterocycles. The van der Waals surface area contributed by atoms with Crippen LogP contribution in [0.4, 0.5) is 17.6 Å². The highest BCUT2D eigenvalue weighted by atomic mass is 32.2. The summed E-state index contributed by atoms with van der Waals surface area (Å²) in [6.45, 7) is 0.725. The summed E-state index contributed by atoms with van der Waals surface area (Å²) in [6, 6.07) is 9.88. The van der Waals surface area contributed by atoms with Crippen molar-refractivity contribution in [3.63, 3.8) is 0 Å². The van der Waals surface area contributed by atoms with E-state index in [0.717, 1.165) is 41.6 Å². The van der Waals surface area contributed by atoms with Gasteiger partial charge in [0.05, 0.1) is 10.6 Å². The second-order valence-electron chi connectivity index (χ2n) is 6.74. The van der Waals surface area contributed by atoms with E-state index in [1.54, 1.807) is 23.1 Å². The molecule has 1 aliphatic heterocycles. The molecule has 2 aromatic carbocycles. The number of halogens is 4. The molecule has 0 fully saturated rings. The molecule has 1 heterocycles. The van der Waals surface area contributed by atoms with Crippen molar-refractivity contribution in [1.82, 2.24) is 4.90 Å². The number of alkyl halides is 2. The third kappa shape index (κ3) is 5.44. The molecule has 3 rings (SSSR count). The molecule has 8 heteroatoms. The van der Waals surface area contributed by atoms with Gasteiger partial charge in [-0.3, -0.25) is 0 Å². The van der Waals surface area contributed by atoms with Gasteiger partial charge in [0.25, 0.3) is 5.92 Å². The largest absolute Gasteiger partial charge is 0.478 e. The summed E-state index contributed by atoms with van der Waals surface area (Å²) in [5.41, 5.74) is 0.508. The van der Waals surface area contributed by atoms with Gasteiger partial charge in [0.1, 0.15) is 11.6 Å². The van der Waals surface area contributed by atoms with E-state index in [4.69, 9.17) is 0 Å². The summed E-state index contributed by atoms with van der Waals surface area (Å²) < 4.78 is 55.0. The Morgan fingerprint density at radius 3 is 2.23 bits per heavy atom. The van der Waals surface area contributed by atoms with E-state index in [9.17, 15) is 27.5 Å². The lowest BCUT2D eigenvalue weighted by Crippen LogP contribution is -2.27. The van der Waals surface area contributed by atoms with E-state index in [1.807, 2.05) is 0 Å². The van der Waals surface area contributed by atoms with Gasteiger partial charge in [-0.2, -0.15) is 0 Å². The van der Waals surface area contributed by atoms with Gasteiger partial charge >= 0.3 is 5.97 Å². The van der Waals surface area contributed by atoms with Gasteiger partial charge in [-0.25, -0.2) is 22.4 Å². The number of benzene rings is 2. The molecule has 0 unspecified atom stereocenters. The molecule has 0 spiro atoms. The Hall–Kier alpha value is -2.74. The molecule has 3 nitrogen and oxygen atoms in total. The molecule has 2 aromatic rings. The zero-order valence-corrected chi connectivity index (χ0v) is 16.6. The number of thioether (sulfide) groups is 1. The summed E-state index contributed by atoms with van der Waals surface area (Å²) in [5.74, 6) is -5.33. The van der Waals surface area contributed by atoms with Crippen LogP contribution >= 0.6 is 11.8 Å². The van der Waals surface area contributed by atoms with E-state index < -0.39 is 24.1 Å². The molecule has 158 valence electrons. The summed E-state index contributed by atoms with van der Waals surface area (Å²) in [7, 11) is 0. The third-order valence-electron chi connectivity index (χ3n) is 4.57. The zero-order valence-electron chi connectivity index (χ0n) is 15.8. The van der Waals surface area contributed by atoms with Gasteiger partial charge in [-0.15, -0.1) is 11.8 Å². The second kappa shape index (κ2) is 9.38. The molecule has 1 aliphatic rings. The average molecular weight is 437 g/mol. The Morgan fingerprint density at radius 2 is 1.63 bits per heavy atom. The van der Waals surface area contributed by atoms with Gasteiger partial charge in [-0.1, -0.05) is 30.3 Å². The number of rotatable bonds is 8. The molecule has 0 amide bonds. The van der Waals surface area contributed by atoms with Crippen molar-refractivity contribution in [3.8, 4) is 0 Å². The zero-order chi connectivity index (χ0) is 21.7. The number of hydrogen-bond donors (Lipinski definition) is 1. The van der Waals surface area contributed by atoms with Crippen LogP contribution in [0.1, 0.15) is 17.5 Å². The standard InChI is InChI=1S/C22H19F4NO2S/c23-17-7-3-15(4-8-17)14-27-12-1-2-19(21(28)29)20(27)30-13-11-22(25,26)16-5-9-18(24)10-6-16/h1-10H,11-14H2,(H,28,29). The molecular weight excluding hydrogens is 418 g/mol. The Kier molecular flexibility index (Phi) is 6.87. The summed E-state index contributed by atoms with van der Waals surface area (Å²) in [5, 5.41) is 9.89. The van der Waals surface area contributed by atoms with Crippen molar-refractivity contribution in [2.75, 3.05) is 12.3 Å². The van der Waals surface area contributed by atoms with E-state index in [1.165, 1.54) is 18.2 Å². The van der Waals surface area contributed by atoms with Crippen LogP contribution in [0.3, 0.4) is 0 Å². The molecular formula is C22H19F4NO2S. The van der Waals surface area contributed by atoms with Gasteiger partial charge < -0.3 is 10.0 Å². The maximum atomic E-state index is 14.4. The lowest BCUT2D eigenvalue weighted by atomic mass is 10.1. The highest BCUT2D eigenvalue weighted by Crippen LogP contribution is 2.36. The minimum atomic E-state index is -3.17. The van der Waals surface area contributed by atoms with E-state index >= 15 is 0 Å². The number of carbonyl (C=O) groups is 1. The van der Waals surface area contributed by atoms with Crippen LogP contribution in [-0.4, -0.2) is 28.3 Å². The Morgan fingerprint density at radius 1 is 1.03 bits per heavy atom. The van der Waals surface area contributed by atoms with Gasteiger partial charge in [0.2, 0.25) is 0 Å². The SMILES string of the molecule is O=C(O)C1=C(SCCC(F)(F)c2ccc(F)cc2)N(Cc2ccc(F)cc2)CC=C1. The van der Waals surface area contributed by atoms with Crippen molar-refractivity contribution < 1.29 is 27.5 Å². The van der Waals surface area contributed by atoms with Crippen molar-refractivity contribution in [3.05, 3.63) is 94.0 Å². The Labute approximate surface area is 175 Å². The van der Waals surface area contributed by atoms with Crippen molar-refractivity contribution in [2.24, 2.45) is 0 Å². The summed E-state index contributed by atoms with van der Waals surface area (Å²) in [4.78, 5) is 13.4. The van der Waals surface area contributed by atoms with Crippen LogP contribution in [0.25, 0.3) is 0 Å². The molecule has 0 bridgehead atoms. The van der Waals surface area contributed by atoms with Crippen molar-refractivity contribution in [2.45, 2.75) is 18.9 Å². The van der Waals surface area contributed by atoms with Crippen LogP contribution < -0.4 is 0 Å². The molecule has 0 aromatic heterocycles. The Balaban J connectivity index is 1.73. The van der Waals surface area contributed by atoms with Crippen LogP contribution in [0, 0.1) is 11.6 Å². The predicted molar refractivity (Wildman–Crippen MR) is 108 cm³/mol. The maximum absolute atomic E-state index is 14.4. The van der Waals surface area contributed by atoms with Crippen molar-refractivity contribution >= 4 is 17.7 Å². The highest BCUT2D eigenvalue weighted by molar-refractivity contribution is 8.03. The molecule has 1 N–H and O–H groups in total. The average Bonchev–Trinajstić information content (AvgIpc) is 2.70. The van der Waals surface area contributed by atoms with Crippen LogP contribution in [0.15, 0.2) is 71.3 Å². The normalized spacial score (nSPS) is 14.3. The maximum Gasteiger partial charge on any atom is 0.338 e. The fraction of sp³-hybridized carbons (Fsp3) is 0.227. The number of aliphatic carboxylic acids is 1. The third-order valence-corrected chi connectivity index (χ3v) is 5.73. The monoisotopic (exact) mass is 437 g/mol. The number of carboxylic acids is 1. The minimum absolute atomic E-state index is 0.0264. The summed E-state index contributed by atoms with van der Waals surface area (Å²) >= 11 is 1.03. The fourth-order valence-corrected chi connectivity index (χ4v) is 4.20. The molecule has 0 aliphatic carbocycles.